The lowest BCUT2D eigenvalue weighted by Gasteiger charge is -2.11. The molecule has 2 heterocycles. The van der Waals surface area contributed by atoms with Gasteiger partial charge in [-0.3, -0.25) is 4.98 Å². The van der Waals surface area contributed by atoms with E-state index in [-0.39, 0.29) is 0 Å². The number of hydrogen-bond acceptors (Lipinski definition) is 4. The minimum atomic E-state index is 0.594. The average molecular weight is 445 g/mol. The second-order valence-electron chi connectivity index (χ2n) is 4.76. The van der Waals surface area contributed by atoms with Crippen molar-refractivity contribution in [1.82, 2.24) is 15.0 Å². The molecule has 1 N–H and O–H groups in total. The lowest BCUT2D eigenvalue weighted by Crippen LogP contribution is -2.08. The predicted octanol–water partition coefficient (Wildman–Crippen LogP) is 4.21. The lowest BCUT2D eigenvalue weighted by molar-refractivity contribution is 0.966. The number of pyridine rings is 1. The Morgan fingerprint density at radius 1 is 1.35 bits per heavy atom. The summed E-state index contributed by atoms with van der Waals surface area (Å²) in [5.74, 6) is 2.22. The number of aromatic nitrogens is 3. The van der Waals surface area contributed by atoms with Crippen molar-refractivity contribution >= 4 is 44.3 Å². The SMILES string of the molecule is CCNc1nc(-c2ccc(Br)cn2)nc(C2CC2)c1I. The Hall–Kier alpha value is -0.760. The highest BCUT2D eigenvalue weighted by Crippen LogP contribution is 2.42. The van der Waals surface area contributed by atoms with Crippen molar-refractivity contribution in [3.63, 3.8) is 0 Å². The standard InChI is InChI=1S/C14H14BrIN4/c1-2-17-14-11(16)12(8-3-4-8)19-13(20-14)10-6-5-9(15)7-18-10/h5-8H,2-4H2,1H3,(H,17,19,20). The lowest BCUT2D eigenvalue weighted by atomic mass is 10.2. The van der Waals surface area contributed by atoms with Crippen LogP contribution < -0.4 is 5.32 Å². The minimum Gasteiger partial charge on any atom is -0.369 e. The van der Waals surface area contributed by atoms with Gasteiger partial charge in [-0.25, -0.2) is 9.97 Å². The van der Waals surface area contributed by atoms with Gasteiger partial charge in [-0.15, -0.1) is 0 Å². The van der Waals surface area contributed by atoms with Gasteiger partial charge in [-0.05, 0) is 70.4 Å². The molecule has 1 saturated carbocycles. The summed E-state index contributed by atoms with van der Waals surface area (Å²) >= 11 is 5.75. The van der Waals surface area contributed by atoms with Crippen LogP contribution in [0.15, 0.2) is 22.8 Å². The molecule has 0 aliphatic heterocycles. The fraction of sp³-hybridized carbons (Fsp3) is 0.357. The molecule has 1 aliphatic rings. The van der Waals surface area contributed by atoms with E-state index in [9.17, 15) is 0 Å². The fourth-order valence-electron chi connectivity index (χ4n) is 2.00. The number of halogens is 2. The molecule has 0 spiro atoms. The molecule has 0 unspecified atom stereocenters. The van der Waals surface area contributed by atoms with Gasteiger partial charge in [0, 0.05) is 23.1 Å². The Morgan fingerprint density at radius 3 is 2.75 bits per heavy atom. The van der Waals surface area contributed by atoms with Crippen LogP contribution in [0.4, 0.5) is 5.82 Å². The Bertz CT molecular complexity index is 626. The third-order valence-electron chi connectivity index (χ3n) is 3.14. The topological polar surface area (TPSA) is 50.7 Å². The summed E-state index contributed by atoms with van der Waals surface area (Å²) < 4.78 is 2.11. The molecule has 1 fully saturated rings. The first kappa shape index (κ1) is 14.2. The molecule has 0 bridgehead atoms. The van der Waals surface area contributed by atoms with Gasteiger partial charge in [0.1, 0.15) is 11.5 Å². The third-order valence-corrected chi connectivity index (χ3v) is 4.67. The van der Waals surface area contributed by atoms with E-state index < -0.39 is 0 Å². The van der Waals surface area contributed by atoms with Crippen molar-refractivity contribution < 1.29 is 0 Å². The van der Waals surface area contributed by atoms with Crippen molar-refractivity contribution in [1.29, 1.82) is 0 Å². The van der Waals surface area contributed by atoms with Crippen LogP contribution in [0.5, 0.6) is 0 Å². The van der Waals surface area contributed by atoms with Gasteiger partial charge in [0.2, 0.25) is 0 Å². The number of anilines is 1. The molecule has 2 aromatic rings. The van der Waals surface area contributed by atoms with Gasteiger partial charge in [-0.2, -0.15) is 0 Å². The van der Waals surface area contributed by atoms with Crippen LogP contribution in [0.1, 0.15) is 31.4 Å². The predicted molar refractivity (Wildman–Crippen MR) is 91.8 cm³/mol. The van der Waals surface area contributed by atoms with Crippen molar-refractivity contribution in [3.8, 4) is 11.5 Å². The molecule has 104 valence electrons. The highest BCUT2D eigenvalue weighted by molar-refractivity contribution is 14.1. The van der Waals surface area contributed by atoms with Crippen LogP contribution in [-0.4, -0.2) is 21.5 Å². The summed E-state index contributed by atoms with van der Waals surface area (Å²) in [6, 6.07) is 3.91. The van der Waals surface area contributed by atoms with E-state index in [1.807, 2.05) is 12.1 Å². The highest BCUT2D eigenvalue weighted by Gasteiger charge is 2.29. The van der Waals surface area contributed by atoms with Gasteiger partial charge < -0.3 is 5.32 Å². The van der Waals surface area contributed by atoms with Crippen molar-refractivity contribution in [3.05, 3.63) is 32.1 Å². The highest BCUT2D eigenvalue weighted by atomic mass is 127. The maximum Gasteiger partial charge on any atom is 0.180 e. The molecule has 20 heavy (non-hydrogen) atoms. The molecule has 1 aliphatic carbocycles. The number of hydrogen-bond donors (Lipinski definition) is 1. The van der Waals surface area contributed by atoms with Crippen molar-refractivity contribution in [2.45, 2.75) is 25.7 Å². The summed E-state index contributed by atoms with van der Waals surface area (Å²) in [6.45, 7) is 2.93. The van der Waals surface area contributed by atoms with Crippen LogP contribution in [0, 0.1) is 3.57 Å². The monoisotopic (exact) mass is 444 g/mol. The molecule has 2 aromatic heterocycles. The molecule has 0 radical (unpaired) electrons. The molecule has 3 rings (SSSR count). The van der Waals surface area contributed by atoms with Crippen LogP contribution >= 0.6 is 38.5 Å². The van der Waals surface area contributed by atoms with Crippen LogP contribution in [0.25, 0.3) is 11.5 Å². The quantitative estimate of drug-likeness (QED) is 0.717. The third kappa shape index (κ3) is 2.95. The van der Waals surface area contributed by atoms with E-state index in [1.165, 1.54) is 12.8 Å². The zero-order valence-corrected chi connectivity index (χ0v) is 14.8. The Balaban J connectivity index is 2.07. The molecule has 0 aromatic carbocycles. The maximum absolute atomic E-state index is 4.74. The summed E-state index contributed by atoms with van der Waals surface area (Å²) in [6.07, 6.45) is 4.23. The molecule has 4 nitrogen and oxygen atoms in total. The van der Waals surface area contributed by atoms with E-state index in [1.54, 1.807) is 6.20 Å². The Kier molecular flexibility index (Phi) is 4.21. The molecular weight excluding hydrogens is 431 g/mol. The first-order valence-corrected chi connectivity index (χ1v) is 8.49. The first-order valence-electron chi connectivity index (χ1n) is 6.62. The van der Waals surface area contributed by atoms with Crippen molar-refractivity contribution in [2.24, 2.45) is 0 Å². The van der Waals surface area contributed by atoms with Gasteiger partial charge in [0.25, 0.3) is 0 Å². The van der Waals surface area contributed by atoms with Crippen LogP contribution in [-0.2, 0) is 0 Å². The van der Waals surface area contributed by atoms with Crippen molar-refractivity contribution in [2.75, 3.05) is 11.9 Å². The summed E-state index contributed by atoms with van der Waals surface area (Å²) in [4.78, 5) is 13.8. The van der Waals surface area contributed by atoms with Gasteiger partial charge in [-0.1, -0.05) is 0 Å². The zero-order valence-electron chi connectivity index (χ0n) is 11.0. The number of nitrogens with zero attached hydrogens (tertiary/aromatic N) is 3. The van der Waals surface area contributed by atoms with Crippen LogP contribution in [0.3, 0.4) is 0 Å². The molecular formula is C14H14BrIN4. The smallest absolute Gasteiger partial charge is 0.180 e. The second-order valence-corrected chi connectivity index (χ2v) is 6.76. The van der Waals surface area contributed by atoms with E-state index in [2.05, 4.69) is 60.7 Å². The van der Waals surface area contributed by atoms with E-state index in [4.69, 9.17) is 4.98 Å². The molecule has 6 heteroatoms. The van der Waals surface area contributed by atoms with Crippen LogP contribution in [0.2, 0.25) is 0 Å². The normalized spacial score (nSPS) is 14.3. The minimum absolute atomic E-state index is 0.594. The van der Waals surface area contributed by atoms with E-state index in [0.29, 0.717) is 11.7 Å². The molecule has 0 atom stereocenters. The summed E-state index contributed by atoms with van der Waals surface area (Å²) in [5, 5.41) is 3.32. The molecule has 0 saturated heterocycles. The van der Waals surface area contributed by atoms with E-state index in [0.717, 1.165) is 31.8 Å². The fourth-order valence-corrected chi connectivity index (χ4v) is 3.11. The van der Waals surface area contributed by atoms with Gasteiger partial charge >= 0.3 is 0 Å². The zero-order chi connectivity index (χ0) is 14.1. The molecule has 0 amide bonds. The van der Waals surface area contributed by atoms with Gasteiger partial charge in [0.05, 0.1) is 9.26 Å². The largest absolute Gasteiger partial charge is 0.369 e. The summed E-state index contributed by atoms with van der Waals surface area (Å²) in [5.41, 5.74) is 1.97. The average Bonchev–Trinajstić information content (AvgIpc) is 3.27. The second kappa shape index (κ2) is 5.93. The Labute approximate surface area is 140 Å². The van der Waals surface area contributed by atoms with E-state index >= 15 is 0 Å². The Morgan fingerprint density at radius 2 is 2.15 bits per heavy atom. The number of rotatable bonds is 4. The summed E-state index contributed by atoms with van der Waals surface area (Å²) in [7, 11) is 0. The first-order chi connectivity index (χ1) is 9.69. The van der Waals surface area contributed by atoms with Gasteiger partial charge in [0.15, 0.2) is 5.82 Å². The maximum atomic E-state index is 4.74. The number of nitrogens with one attached hydrogen (secondary N) is 1.